The third-order valence-corrected chi connectivity index (χ3v) is 2.37. The van der Waals surface area contributed by atoms with Gasteiger partial charge in [0.2, 0.25) is 5.83 Å². The molecule has 0 radical (unpaired) electrons. The second-order valence-electron chi connectivity index (χ2n) is 3.94. The molecule has 0 saturated heterocycles. The van der Waals surface area contributed by atoms with Crippen molar-refractivity contribution in [1.29, 1.82) is 0 Å². The van der Waals surface area contributed by atoms with E-state index in [-0.39, 0.29) is 1.43 Å². The Morgan fingerprint density at radius 3 is 1.00 bits per heavy atom. The number of rotatable bonds is 5. The third-order valence-electron chi connectivity index (χ3n) is 2.37. The van der Waals surface area contributed by atoms with Crippen LogP contribution in [0.5, 0.6) is 0 Å². The molecule has 0 rings (SSSR count). The van der Waals surface area contributed by atoms with Crippen molar-refractivity contribution in [2.45, 2.75) is 35.8 Å². The zero-order valence-electron chi connectivity index (χ0n) is 11.0. The molecule has 0 aromatic carbocycles. The predicted molar refractivity (Wildman–Crippen MR) is 42.3 cm³/mol. The van der Waals surface area contributed by atoms with E-state index in [0.717, 1.165) is 0 Å². The fourth-order valence-corrected chi connectivity index (χ4v) is 1.03. The molecule has 24 heavy (non-hydrogen) atoms. The number of allylic oxidation sites excluding steroid dienone is 1. The summed E-state index contributed by atoms with van der Waals surface area (Å²) in [6, 6.07) is 0. The molecular formula is C8HF16+. The first kappa shape index (κ1) is 22.6. The van der Waals surface area contributed by atoms with E-state index in [9.17, 15) is 70.2 Å². The van der Waals surface area contributed by atoms with Crippen LogP contribution in [0, 0.1) is 0 Å². The van der Waals surface area contributed by atoms with Gasteiger partial charge in [-0.15, -0.1) is 0 Å². The number of halogens is 16. The van der Waals surface area contributed by atoms with Gasteiger partial charge in [-0.05, 0) is 0 Å². The molecule has 0 atom stereocenters. The third kappa shape index (κ3) is 2.76. The van der Waals surface area contributed by atoms with Crippen molar-refractivity contribution in [3.63, 3.8) is 0 Å². The molecule has 0 fully saturated rings. The maximum absolute atomic E-state index is 12.7. The molecule has 16 heteroatoms. The van der Waals surface area contributed by atoms with Crippen LogP contribution in [-0.2, 0) is 0 Å². The summed E-state index contributed by atoms with van der Waals surface area (Å²) in [6.45, 7) is 0. The molecule has 0 aromatic heterocycles. The Balaban J connectivity index is 0. The fraction of sp³-hybridized carbons (Fsp3) is 0.750. The topological polar surface area (TPSA) is 0 Å². The molecule has 0 N–H and O–H groups in total. The number of hydrogen-bond donors (Lipinski definition) is 0. The van der Waals surface area contributed by atoms with Crippen LogP contribution < -0.4 is 0 Å². The van der Waals surface area contributed by atoms with Gasteiger partial charge in [0, 0.05) is 0 Å². The van der Waals surface area contributed by atoms with Crippen molar-refractivity contribution in [1.82, 2.24) is 0 Å². The van der Waals surface area contributed by atoms with E-state index < -0.39 is 47.7 Å². The van der Waals surface area contributed by atoms with Crippen molar-refractivity contribution in [3.8, 4) is 0 Å². The smallest absolute Gasteiger partial charge is 0.199 e. The highest BCUT2D eigenvalue weighted by Crippen LogP contribution is 2.61. The minimum Gasteiger partial charge on any atom is -0.199 e. The van der Waals surface area contributed by atoms with E-state index in [1.54, 1.807) is 0 Å². The normalized spacial score (nSPS) is 15.5. The van der Waals surface area contributed by atoms with Crippen LogP contribution >= 0.6 is 0 Å². The second kappa shape index (κ2) is 5.57. The minimum absolute atomic E-state index is 0. The minimum atomic E-state index is -8.31. The van der Waals surface area contributed by atoms with Crippen molar-refractivity contribution in [3.05, 3.63) is 11.9 Å². The van der Waals surface area contributed by atoms with Gasteiger partial charge >= 0.3 is 43.3 Å². The Morgan fingerprint density at radius 2 is 0.750 bits per heavy atom. The summed E-state index contributed by atoms with van der Waals surface area (Å²) in [5.74, 6) is -44.9. The Bertz CT molecular complexity index is 509. The average molecular weight is 401 g/mol. The van der Waals surface area contributed by atoms with Crippen LogP contribution in [-0.4, -0.2) is 35.8 Å². The Kier molecular flexibility index (Phi) is 5.25. The summed E-state index contributed by atoms with van der Waals surface area (Å²) in [4.78, 5) is 0. The SMILES string of the molecule is FC(F)=C(F)C(F)(F)C(F)(F)C(F)(F)C(F)(F)C(F)(F)C(F)(F)F.[H+]. The van der Waals surface area contributed by atoms with E-state index in [2.05, 4.69) is 0 Å². The molecule has 0 unspecified atom stereocenters. The molecule has 0 spiro atoms. The molecule has 0 aromatic rings. The highest BCUT2D eigenvalue weighted by molar-refractivity contribution is 5.18. The Hall–Kier alpha value is -1.38. The molecule has 0 aliphatic carbocycles. The van der Waals surface area contributed by atoms with E-state index >= 15 is 0 Å². The van der Waals surface area contributed by atoms with Gasteiger partial charge in [-0.25, -0.2) is 0 Å². The molecule has 0 nitrogen and oxygen atoms in total. The molecular weight excluding hydrogens is 400 g/mol. The highest BCUT2D eigenvalue weighted by Gasteiger charge is 2.91. The van der Waals surface area contributed by atoms with Crippen LogP contribution in [0.2, 0.25) is 0 Å². The predicted octanol–water partition coefficient (Wildman–Crippen LogP) is 5.92. The van der Waals surface area contributed by atoms with Crippen molar-refractivity contribution >= 4 is 0 Å². The lowest BCUT2D eigenvalue weighted by atomic mass is 9.93. The summed E-state index contributed by atoms with van der Waals surface area (Å²) in [5, 5.41) is 0. The van der Waals surface area contributed by atoms with Gasteiger partial charge in [0.1, 0.15) is 0 Å². The number of alkyl halides is 13. The van der Waals surface area contributed by atoms with Crippen LogP contribution in [0.15, 0.2) is 11.9 Å². The van der Waals surface area contributed by atoms with Gasteiger partial charge in [0.05, 0.1) is 0 Å². The van der Waals surface area contributed by atoms with E-state index in [1.165, 1.54) is 0 Å². The summed E-state index contributed by atoms with van der Waals surface area (Å²) in [7, 11) is 0. The van der Waals surface area contributed by atoms with Gasteiger partial charge in [-0.1, -0.05) is 0 Å². The van der Waals surface area contributed by atoms with E-state index in [4.69, 9.17) is 0 Å². The quantitative estimate of drug-likeness (QED) is 0.503. The molecule has 144 valence electrons. The van der Waals surface area contributed by atoms with Crippen molar-refractivity contribution in [2.24, 2.45) is 0 Å². The van der Waals surface area contributed by atoms with Gasteiger partial charge in [0.25, 0.3) is 0 Å². The second-order valence-corrected chi connectivity index (χ2v) is 3.94. The lowest BCUT2D eigenvalue weighted by Gasteiger charge is -2.39. The first-order chi connectivity index (χ1) is 10.1. The summed E-state index contributed by atoms with van der Waals surface area (Å²) in [6.07, 6.45) is -12.1. The van der Waals surface area contributed by atoms with Crippen LogP contribution in [0.1, 0.15) is 1.43 Å². The maximum atomic E-state index is 12.7. The van der Waals surface area contributed by atoms with Gasteiger partial charge in [-0.2, -0.15) is 70.2 Å². The van der Waals surface area contributed by atoms with Gasteiger partial charge < -0.3 is 0 Å². The van der Waals surface area contributed by atoms with Gasteiger partial charge in [-0.3, -0.25) is 0 Å². The lowest BCUT2D eigenvalue weighted by Crippen LogP contribution is -2.70. The first-order valence-corrected chi connectivity index (χ1v) is 4.77. The average Bonchev–Trinajstić information content (AvgIpc) is 2.35. The summed E-state index contributed by atoms with van der Waals surface area (Å²) in [5.41, 5.74) is 0. The Labute approximate surface area is 121 Å². The number of hydrogen-bond acceptors (Lipinski definition) is 0. The molecule has 0 aliphatic rings. The molecule has 0 heterocycles. The highest BCUT2D eigenvalue weighted by atomic mass is 19.4. The summed E-state index contributed by atoms with van der Waals surface area (Å²) < 4.78 is 196. The zero-order chi connectivity index (χ0) is 20.2. The van der Waals surface area contributed by atoms with Crippen LogP contribution in [0.25, 0.3) is 0 Å². The summed E-state index contributed by atoms with van der Waals surface area (Å²) >= 11 is 0. The van der Waals surface area contributed by atoms with Gasteiger partial charge in [0.15, 0.2) is 0 Å². The van der Waals surface area contributed by atoms with Crippen molar-refractivity contribution < 1.29 is 71.7 Å². The largest absolute Gasteiger partial charge is 1.00 e. The monoisotopic (exact) mass is 401 g/mol. The van der Waals surface area contributed by atoms with Crippen LogP contribution in [0.4, 0.5) is 70.2 Å². The standard InChI is InChI=1S/C8F16/c9-1(2(10)11)3(12,13)4(14,15)5(16,17)6(18,19)7(20,21)8(22,23)24/p+1. The lowest BCUT2D eigenvalue weighted by molar-refractivity contribution is -0.437. The van der Waals surface area contributed by atoms with E-state index in [0.29, 0.717) is 0 Å². The molecule has 0 saturated carbocycles. The van der Waals surface area contributed by atoms with Crippen LogP contribution in [0.3, 0.4) is 0 Å². The fourth-order valence-electron chi connectivity index (χ4n) is 1.03. The van der Waals surface area contributed by atoms with E-state index in [1.807, 2.05) is 0 Å². The molecule has 0 amide bonds. The zero-order valence-corrected chi connectivity index (χ0v) is 10.0. The first-order valence-electron chi connectivity index (χ1n) is 4.77. The molecule has 0 bridgehead atoms. The van der Waals surface area contributed by atoms with Crippen molar-refractivity contribution in [2.75, 3.05) is 0 Å². The Morgan fingerprint density at radius 1 is 0.458 bits per heavy atom. The molecule has 0 aliphatic heterocycles. The maximum Gasteiger partial charge on any atom is 1.00 e.